The molecule has 3 aromatic carbocycles. The van der Waals surface area contributed by atoms with Crippen molar-refractivity contribution in [3.63, 3.8) is 0 Å². The number of hydrogen-bond acceptors (Lipinski definition) is 3. The van der Waals surface area contributed by atoms with E-state index in [2.05, 4.69) is 90.5 Å². The number of fused-ring (bicyclic) bond motifs is 2. The fourth-order valence-electron chi connectivity index (χ4n) is 4.48. The summed E-state index contributed by atoms with van der Waals surface area (Å²) in [5.41, 5.74) is 8.41. The van der Waals surface area contributed by atoms with Crippen LogP contribution in [0, 0.1) is 11.3 Å². The van der Waals surface area contributed by atoms with E-state index in [4.69, 9.17) is 0 Å². The van der Waals surface area contributed by atoms with Gasteiger partial charge < -0.3 is 4.90 Å². The average Bonchev–Trinajstić information content (AvgIpc) is 2.79. The Morgan fingerprint density at radius 2 is 1.50 bits per heavy atom. The Balaban J connectivity index is 1.74. The molecule has 2 heterocycles. The largest absolute Gasteiger partial charge is 0.310 e. The van der Waals surface area contributed by atoms with Gasteiger partial charge in [-0.15, -0.1) is 0 Å². The Morgan fingerprint density at radius 3 is 2.17 bits per heavy atom. The molecule has 5 rings (SSSR count). The molecule has 0 unspecified atom stereocenters. The van der Waals surface area contributed by atoms with Crippen molar-refractivity contribution < 1.29 is 0 Å². The second kappa shape index (κ2) is 6.86. The Hall–Kier alpha value is -3.90. The lowest BCUT2D eigenvalue weighted by molar-refractivity contribution is 0.632. The van der Waals surface area contributed by atoms with Gasteiger partial charge in [-0.05, 0) is 47.0 Å². The standard InChI is InChI=1S/C27H21N3/c1-27(2)23-10-3-5-12-25(23)30(26-13-6-4-11-24(26)27)21-9-7-8-19(16-21)22-18-29-15-14-20(22)17-28/h3-16,18H,1-2H3. The Bertz CT molecular complexity index is 1250. The SMILES string of the molecule is CC1(C)c2ccccc2N(c2cccc(-c3cnccc3C#N)c2)c2ccccc21. The van der Waals surface area contributed by atoms with E-state index in [9.17, 15) is 5.26 Å². The van der Waals surface area contributed by atoms with Crippen LogP contribution in [0.5, 0.6) is 0 Å². The van der Waals surface area contributed by atoms with Crippen molar-refractivity contribution in [2.75, 3.05) is 4.90 Å². The van der Waals surface area contributed by atoms with Crippen molar-refractivity contribution in [2.24, 2.45) is 0 Å². The minimum absolute atomic E-state index is 0.0847. The van der Waals surface area contributed by atoms with Crippen LogP contribution in [0.25, 0.3) is 11.1 Å². The van der Waals surface area contributed by atoms with E-state index in [1.54, 1.807) is 18.5 Å². The molecule has 0 fully saturated rings. The first-order valence-corrected chi connectivity index (χ1v) is 10.0. The molecular weight excluding hydrogens is 366 g/mol. The van der Waals surface area contributed by atoms with E-state index < -0.39 is 0 Å². The normalized spacial score (nSPS) is 13.8. The average molecular weight is 387 g/mol. The predicted octanol–water partition coefficient (Wildman–Crippen LogP) is 6.73. The second-order valence-corrected chi connectivity index (χ2v) is 8.08. The lowest BCUT2D eigenvalue weighted by Crippen LogP contribution is -2.30. The van der Waals surface area contributed by atoms with E-state index in [1.165, 1.54) is 22.5 Å². The highest BCUT2D eigenvalue weighted by Crippen LogP contribution is 2.51. The Morgan fingerprint density at radius 1 is 0.833 bits per heavy atom. The van der Waals surface area contributed by atoms with Crippen LogP contribution in [-0.2, 0) is 5.41 Å². The van der Waals surface area contributed by atoms with Crippen LogP contribution in [0.1, 0.15) is 30.5 Å². The molecule has 0 atom stereocenters. The quantitative estimate of drug-likeness (QED) is 0.383. The number of nitrogens with zero attached hydrogens (tertiary/aromatic N) is 3. The Labute approximate surface area is 176 Å². The third-order valence-corrected chi connectivity index (χ3v) is 5.99. The summed E-state index contributed by atoms with van der Waals surface area (Å²) < 4.78 is 0. The fraction of sp³-hybridized carbons (Fsp3) is 0.111. The molecule has 0 bridgehead atoms. The summed E-state index contributed by atoms with van der Waals surface area (Å²) in [5.74, 6) is 0. The van der Waals surface area contributed by atoms with Gasteiger partial charge >= 0.3 is 0 Å². The smallest absolute Gasteiger partial charge is 0.0999 e. The highest BCUT2D eigenvalue weighted by molar-refractivity contribution is 5.87. The molecule has 0 spiro atoms. The van der Waals surface area contributed by atoms with Crippen molar-refractivity contribution in [2.45, 2.75) is 19.3 Å². The highest BCUT2D eigenvalue weighted by atomic mass is 15.2. The number of pyridine rings is 1. The molecule has 1 aliphatic heterocycles. The highest BCUT2D eigenvalue weighted by Gasteiger charge is 2.36. The lowest BCUT2D eigenvalue weighted by atomic mass is 9.73. The van der Waals surface area contributed by atoms with Gasteiger partial charge in [0.2, 0.25) is 0 Å². The molecule has 0 N–H and O–H groups in total. The van der Waals surface area contributed by atoms with E-state index in [0.29, 0.717) is 5.56 Å². The number of benzene rings is 3. The summed E-state index contributed by atoms with van der Waals surface area (Å²) in [7, 11) is 0. The van der Waals surface area contributed by atoms with Gasteiger partial charge in [-0.1, -0.05) is 62.4 Å². The summed E-state index contributed by atoms with van der Waals surface area (Å²) in [4.78, 5) is 6.56. The molecular formula is C27H21N3. The molecule has 0 aliphatic carbocycles. The van der Waals surface area contributed by atoms with Crippen LogP contribution in [0.4, 0.5) is 17.1 Å². The number of anilines is 3. The molecule has 30 heavy (non-hydrogen) atoms. The van der Waals surface area contributed by atoms with Gasteiger partial charge in [0.05, 0.1) is 23.0 Å². The fourth-order valence-corrected chi connectivity index (χ4v) is 4.48. The van der Waals surface area contributed by atoms with Gasteiger partial charge in [0.1, 0.15) is 0 Å². The molecule has 0 radical (unpaired) electrons. The van der Waals surface area contributed by atoms with Crippen molar-refractivity contribution in [1.82, 2.24) is 4.98 Å². The molecule has 0 saturated heterocycles. The van der Waals surface area contributed by atoms with Crippen LogP contribution in [-0.4, -0.2) is 4.98 Å². The minimum Gasteiger partial charge on any atom is -0.310 e. The molecule has 144 valence electrons. The maximum absolute atomic E-state index is 9.53. The van der Waals surface area contributed by atoms with Gasteiger partial charge in [-0.3, -0.25) is 4.98 Å². The molecule has 0 amide bonds. The van der Waals surface area contributed by atoms with Crippen molar-refractivity contribution >= 4 is 17.1 Å². The minimum atomic E-state index is -0.0847. The lowest BCUT2D eigenvalue weighted by Gasteiger charge is -2.42. The predicted molar refractivity (Wildman–Crippen MR) is 121 cm³/mol. The van der Waals surface area contributed by atoms with Crippen LogP contribution < -0.4 is 4.90 Å². The monoisotopic (exact) mass is 387 g/mol. The molecule has 1 aromatic heterocycles. The molecule has 0 saturated carbocycles. The van der Waals surface area contributed by atoms with Gasteiger partial charge in [0.25, 0.3) is 0 Å². The zero-order valence-electron chi connectivity index (χ0n) is 17.0. The zero-order chi connectivity index (χ0) is 20.7. The third-order valence-electron chi connectivity index (χ3n) is 5.99. The van der Waals surface area contributed by atoms with Crippen LogP contribution in [0.3, 0.4) is 0 Å². The van der Waals surface area contributed by atoms with Gasteiger partial charge in [-0.2, -0.15) is 5.26 Å². The summed E-state index contributed by atoms with van der Waals surface area (Å²) in [6.07, 6.45) is 3.42. The first-order valence-electron chi connectivity index (χ1n) is 10.0. The summed E-state index contributed by atoms with van der Waals surface area (Å²) in [6.45, 7) is 4.57. The van der Waals surface area contributed by atoms with E-state index in [-0.39, 0.29) is 5.41 Å². The van der Waals surface area contributed by atoms with Gasteiger partial charge in [-0.25, -0.2) is 0 Å². The summed E-state index contributed by atoms with van der Waals surface area (Å²) in [5, 5.41) is 9.53. The van der Waals surface area contributed by atoms with E-state index in [1.807, 2.05) is 12.1 Å². The van der Waals surface area contributed by atoms with Crippen LogP contribution in [0.15, 0.2) is 91.3 Å². The first kappa shape index (κ1) is 18.1. The second-order valence-electron chi connectivity index (χ2n) is 8.08. The molecule has 3 nitrogen and oxygen atoms in total. The van der Waals surface area contributed by atoms with Crippen molar-refractivity contribution in [1.29, 1.82) is 5.26 Å². The number of aromatic nitrogens is 1. The zero-order valence-corrected chi connectivity index (χ0v) is 17.0. The molecule has 1 aliphatic rings. The number of hydrogen-bond donors (Lipinski definition) is 0. The number of rotatable bonds is 2. The Kier molecular flexibility index (Phi) is 4.15. The maximum Gasteiger partial charge on any atom is 0.0999 e. The van der Waals surface area contributed by atoms with E-state index >= 15 is 0 Å². The third kappa shape index (κ3) is 2.69. The molecule has 4 aromatic rings. The van der Waals surface area contributed by atoms with Crippen molar-refractivity contribution in [3.8, 4) is 17.2 Å². The maximum atomic E-state index is 9.53. The van der Waals surface area contributed by atoms with Gasteiger partial charge in [0, 0.05) is 29.1 Å². The first-order chi connectivity index (χ1) is 14.6. The number of para-hydroxylation sites is 2. The van der Waals surface area contributed by atoms with E-state index in [0.717, 1.165) is 16.8 Å². The van der Waals surface area contributed by atoms with Crippen LogP contribution >= 0.6 is 0 Å². The molecule has 3 heteroatoms. The van der Waals surface area contributed by atoms with Crippen LogP contribution in [0.2, 0.25) is 0 Å². The summed E-state index contributed by atoms with van der Waals surface area (Å²) >= 11 is 0. The topological polar surface area (TPSA) is 39.9 Å². The summed E-state index contributed by atoms with van der Waals surface area (Å²) in [6, 6.07) is 29.6. The van der Waals surface area contributed by atoms with Gasteiger partial charge in [0.15, 0.2) is 0 Å². The van der Waals surface area contributed by atoms with Crippen molar-refractivity contribution in [3.05, 3.63) is 108 Å². The number of nitriles is 1.